The minimum Gasteiger partial charge on any atom is -0.473 e. The summed E-state index contributed by atoms with van der Waals surface area (Å²) in [6.07, 6.45) is 3.37. The summed E-state index contributed by atoms with van der Waals surface area (Å²) < 4.78 is 11.0. The number of nitrogens with two attached hydrogens (primary N) is 1. The molecule has 5 nitrogen and oxygen atoms in total. The average molecular weight is 239 g/mol. The van der Waals surface area contributed by atoms with Gasteiger partial charge >= 0.3 is 0 Å². The summed E-state index contributed by atoms with van der Waals surface area (Å²) in [6.45, 7) is 1.43. The van der Waals surface area contributed by atoms with Gasteiger partial charge in [0.2, 0.25) is 5.88 Å². The molecule has 2 N–H and O–H groups in total. The van der Waals surface area contributed by atoms with E-state index in [0.717, 1.165) is 12.8 Å². The van der Waals surface area contributed by atoms with Gasteiger partial charge in [-0.15, -0.1) is 5.10 Å². The van der Waals surface area contributed by atoms with Crippen LogP contribution in [0.5, 0.6) is 5.88 Å². The highest BCUT2D eigenvalue weighted by Crippen LogP contribution is 2.18. The monoisotopic (exact) mass is 239 g/mol. The molecule has 0 amide bonds. The Labute approximate surface area is 98.9 Å². The molecular formula is C10H13N3O2S. The van der Waals surface area contributed by atoms with E-state index < -0.39 is 0 Å². The molecule has 0 aliphatic carbocycles. The number of ether oxygens (including phenoxy) is 2. The Hall–Kier alpha value is -1.27. The third-order valence-corrected chi connectivity index (χ3v) is 2.62. The van der Waals surface area contributed by atoms with Crippen molar-refractivity contribution in [3.8, 4) is 5.88 Å². The van der Waals surface area contributed by atoms with Crippen LogP contribution in [-0.4, -0.2) is 34.5 Å². The number of nitrogens with zero attached hydrogens (tertiary/aromatic N) is 2. The first kappa shape index (κ1) is 11.2. The van der Waals surface area contributed by atoms with Crippen molar-refractivity contribution >= 4 is 17.2 Å². The minimum atomic E-state index is 0.110. The molecule has 16 heavy (non-hydrogen) atoms. The van der Waals surface area contributed by atoms with Crippen LogP contribution in [0.15, 0.2) is 12.3 Å². The van der Waals surface area contributed by atoms with Crippen LogP contribution < -0.4 is 10.5 Å². The predicted octanol–water partition coefficient (Wildman–Crippen LogP) is 0.669. The summed E-state index contributed by atoms with van der Waals surface area (Å²) in [5, 5.41) is 7.69. The van der Waals surface area contributed by atoms with Crippen LogP contribution in [0, 0.1) is 0 Å². The third kappa shape index (κ3) is 2.65. The molecule has 6 heteroatoms. The highest BCUT2D eigenvalue weighted by molar-refractivity contribution is 7.80. The van der Waals surface area contributed by atoms with Crippen LogP contribution in [0.25, 0.3) is 0 Å². The maximum absolute atomic E-state index is 5.73. The van der Waals surface area contributed by atoms with Gasteiger partial charge in [0.15, 0.2) is 0 Å². The second-order valence-corrected chi connectivity index (χ2v) is 3.98. The number of hydrogen-bond donors (Lipinski definition) is 1. The number of aromatic nitrogens is 2. The van der Waals surface area contributed by atoms with Gasteiger partial charge in [0.1, 0.15) is 11.1 Å². The van der Waals surface area contributed by atoms with Crippen molar-refractivity contribution in [2.24, 2.45) is 5.73 Å². The first-order chi connectivity index (χ1) is 7.77. The van der Waals surface area contributed by atoms with Gasteiger partial charge in [0.25, 0.3) is 0 Å². The number of rotatable bonds is 3. The van der Waals surface area contributed by atoms with Crippen molar-refractivity contribution in [1.29, 1.82) is 0 Å². The molecule has 0 atom stereocenters. The van der Waals surface area contributed by atoms with E-state index in [9.17, 15) is 0 Å². The molecule has 2 rings (SSSR count). The van der Waals surface area contributed by atoms with E-state index in [1.165, 1.54) is 0 Å². The van der Waals surface area contributed by atoms with Crippen LogP contribution in [0.3, 0.4) is 0 Å². The van der Waals surface area contributed by atoms with Crippen LogP contribution in [0.2, 0.25) is 0 Å². The fourth-order valence-corrected chi connectivity index (χ4v) is 1.70. The molecule has 0 aromatic carbocycles. The highest BCUT2D eigenvalue weighted by Gasteiger charge is 2.18. The molecule has 0 unspecified atom stereocenters. The summed E-state index contributed by atoms with van der Waals surface area (Å²) >= 11 is 4.92. The average Bonchev–Trinajstić information content (AvgIpc) is 2.31. The van der Waals surface area contributed by atoms with Crippen molar-refractivity contribution in [2.75, 3.05) is 13.2 Å². The smallest absolute Gasteiger partial charge is 0.244 e. The van der Waals surface area contributed by atoms with Gasteiger partial charge in [-0.1, -0.05) is 12.2 Å². The van der Waals surface area contributed by atoms with Gasteiger partial charge in [0.05, 0.1) is 25.0 Å². The molecule has 0 radical (unpaired) electrons. The topological polar surface area (TPSA) is 70.3 Å². The molecule has 0 saturated carbocycles. The Kier molecular flexibility index (Phi) is 3.63. The van der Waals surface area contributed by atoms with Crippen molar-refractivity contribution in [2.45, 2.75) is 18.9 Å². The van der Waals surface area contributed by atoms with E-state index in [2.05, 4.69) is 10.2 Å². The van der Waals surface area contributed by atoms with Crippen molar-refractivity contribution < 1.29 is 9.47 Å². The van der Waals surface area contributed by atoms with Gasteiger partial charge < -0.3 is 15.2 Å². The molecule has 1 aromatic rings. The maximum atomic E-state index is 5.73. The molecule has 1 aliphatic rings. The summed E-state index contributed by atoms with van der Waals surface area (Å²) in [6, 6.07) is 1.71. The Morgan fingerprint density at radius 1 is 1.50 bits per heavy atom. The maximum Gasteiger partial charge on any atom is 0.244 e. The van der Waals surface area contributed by atoms with Crippen LogP contribution in [0.4, 0.5) is 0 Å². The molecular weight excluding hydrogens is 226 g/mol. The quantitative estimate of drug-likeness (QED) is 0.782. The lowest BCUT2D eigenvalue weighted by atomic mass is 10.1. The molecule has 1 fully saturated rings. The van der Waals surface area contributed by atoms with Crippen LogP contribution in [-0.2, 0) is 4.74 Å². The minimum absolute atomic E-state index is 0.110. The molecule has 0 bridgehead atoms. The molecule has 1 aromatic heterocycles. The van der Waals surface area contributed by atoms with E-state index in [-0.39, 0.29) is 11.1 Å². The lowest BCUT2D eigenvalue weighted by Gasteiger charge is -2.23. The first-order valence-corrected chi connectivity index (χ1v) is 5.54. The zero-order chi connectivity index (χ0) is 11.4. The van der Waals surface area contributed by atoms with E-state index in [1.54, 1.807) is 12.3 Å². The van der Waals surface area contributed by atoms with Crippen LogP contribution >= 0.6 is 12.2 Å². The standard InChI is InChI=1S/C10H13N3O2S/c11-9(16)8-1-4-12-13-10(8)15-7-2-5-14-6-3-7/h1,4,7H,2-3,5-6H2,(H2,11,16). The SMILES string of the molecule is NC(=S)c1ccnnc1OC1CCOCC1. The summed E-state index contributed by atoms with van der Waals surface area (Å²) in [5.41, 5.74) is 6.21. The van der Waals surface area contributed by atoms with Crippen molar-refractivity contribution in [3.05, 3.63) is 17.8 Å². The summed E-state index contributed by atoms with van der Waals surface area (Å²) in [5.74, 6) is 0.418. The largest absolute Gasteiger partial charge is 0.473 e. The van der Waals surface area contributed by atoms with Crippen LogP contribution in [0.1, 0.15) is 18.4 Å². The van der Waals surface area contributed by atoms with E-state index in [0.29, 0.717) is 24.7 Å². The van der Waals surface area contributed by atoms with Gasteiger partial charge in [-0.05, 0) is 6.07 Å². The van der Waals surface area contributed by atoms with E-state index >= 15 is 0 Å². The normalized spacial score (nSPS) is 17.0. The third-order valence-electron chi connectivity index (χ3n) is 2.40. The number of hydrogen-bond acceptors (Lipinski definition) is 5. The lowest BCUT2D eigenvalue weighted by molar-refractivity contribution is 0.0233. The second-order valence-electron chi connectivity index (χ2n) is 3.54. The number of thiocarbonyl (C=S) groups is 1. The molecule has 2 heterocycles. The Balaban J connectivity index is 2.10. The zero-order valence-electron chi connectivity index (χ0n) is 8.76. The zero-order valence-corrected chi connectivity index (χ0v) is 9.57. The first-order valence-electron chi connectivity index (χ1n) is 5.13. The lowest BCUT2D eigenvalue weighted by Crippen LogP contribution is -2.27. The predicted molar refractivity (Wildman–Crippen MR) is 62.4 cm³/mol. The molecule has 86 valence electrons. The summed E-state index contributed by atoms with van der Waals surface area (Å²) in [7, 11) is 0. The van der Waals surface area contributed by atoms with Gasteiger partial charge in [-0.25, -0.2) is 0 Å². The van der Waals surface area contributed by atoms with Gasteiger partial charge in [-0.3, -0.25) is 0 Å². The molecule has 0 spiro atoms. The Morgan fingerprint density at radius 2 is 2.25 bits per heavy atom. The Morgan fingerprint density at radius 3 is 2.94 bits per heavy atom. The van der Waals surface area contributed by atoms with E-state index in [1.807, 2.05) is 0 Å². The molecule has 1 aliphatic heterocycles. The van der Waals surface area contributed by atoms with Crippen molar-refractivity contribution in [3.63, 3.8) is 0 Å². The fourth-order valence-electron chi connectivity index (χ4n) is 1.55. The van der Waals surface area contributed by atoms with Gasteiger partial charge in [-0.2, -0.15) is 5.10 Å². The van der Waals surface area contributed by atoms with Gasteiger partial charge in [0, 0.05) is 12.8 Å². The second kappa shape index (κ2) is 5.18. The highest BCUT2D eigenvalue weighted by atomic mass is 32.1. The Bertz CT molecular complexity index is 380. The fraction of sp³-hybridized carbons (Fsp3) is 0.500. The van der Waals surface area contributed by atoms with Crippen molar-refractivity contribution in [1.82, 2.24) is 10.2 Å². The summed E-state index contributed by atoms with van der Waals surface area (Å²) in [4.78, 5) is 0.275. The van der Waals surface area contributed by atoms with E-state index in [4.69, 9.17) is 27.4 Å². The molecule has 1 saturated heterocycles.